The van der Waals surface area contributed by atoms with Gasteiger partial charge in [0.05, 0.1) is 0 Å². The minimum absolute atomic E-state index is 0.175. The highest BCUT2D eigenvalue weighted by molar-refractivity contribution is 8.47. The van der Waals surface area contributed by atoms with Crippen molar-refractivity contribution in [2.45, 2.75) is 6.42 Å². The summed E-state index contributed by atoms with van der Waals surface area (Å²) in [6.45, 7) is 0. The molecule has 0 saturated carbocycles. The number of nitriles is 1. The van der Waals surface area contributed by atoms with Gasteiger partial charge < -0.3 is 10.5 Å². The van der Waals surface area contributed by atoms with Crippen molar-refractivity contribution in [1.29, 1.82) is 5.26 Å². The van der Waals surface area contributed by atoms with E-state index in [0.29, 0.717) is 10.8 Å². The normalized spacial score (nSPS) is 23.5. The van der Waals surface area contributed by atoms with E-state index in [2.05, 4.69) is 15.8 Å². The van der Waals surface area contributed by atoms with Crippen LogP contribution in [0.3, 0.4) is 0 Å². The molecule has 20 heavy (non-hydrogen) atoms. The standard InChI is InChI=1S/C13H13ClN4S2/c14-11-4-2-1-3-10(11)5-7-20(18-13(16)19)8-6-17-12(20)9-15/h1-4,6,8H,5,7H2,(H3,16,18,19). The van der Waals surface area contributed by atoms with Gasteiger partial charge in [-0.15, -0.1) is 0 Å². The summed E-state index contributed by atoms with van der Waals surface area (Å²) in [5.74, 6) is 0.678. The van der Waals surface area contributed by atoms with Crippen molar-refractivity contribution in [1.82, 2.24) is 4.72 Å². The zero-order chi connectivity index (χ0) is 14.6. The highest BCUT2D eigenvalue weighted by Gasteiger charge is 2.31. The molecule has 0 amide bonds. The summed E-state index contributed by atoms with van der Waals surface area (Å²) in [6.07, 6.45) is 2.35. The Morgan fingerprint density at radius 2 is 2.25 bits per heavy atom. The fraction of sp³-hybridized carbons (Fsp3) is 0.154. The van der Waals surface area contributed by atoms with Crippen molar-refractivity contribution >= 4 is 44.2 Å². The summed E-state index contributed by atoms with van der Waals surface area (Å²) < 4.78 is 3.06. The van der Waals surface area contributed by atoms with Crippen LogP contribution in [0.4, 0.5) is 0 Å². The van der Waals surface area contributed by atoms with Gasteiger partial charge in [0.25, 0.3) is 0 Å². The molecule has 1 unspecified atom stereocenters. The molecule has 0 saturated heterocycles. The van der Waals surface area contributed by atoms with E-state index in [1.54, 1.807) is 6.20 Å². The van der Waals surface area contributed by atoms with Crippen LogP contribution in [0.25, 0.3) is 0 Å². The molecule has 0 bridgehead atoms. The first kappa shape index (κ1) is 14.9. The number of rotatable bonds is 4. The molecule has 1 aromatic rings. The van der Waals surface area contributed by atoms with Gasteiger partial charge >= 0.3 is 0 Å². The molecule has 1 atom stereocenters. The molecule has 0 radical (unpaired) electrons. The Bertz CT molecular complexity index is 636. The Kier molecular flexibility index (Phi) is 4.65. The van der Waals surface area contributed by atoms with Crippen LogP contribution >= 0.6 is 34.0 Å². The van der Waals surface area contributed by atoms with E-state index in [-0.39, 0.29) is 5.11 Å². The van der Waals surface area contributed by atoms with E-state index in [4.69, 9.17) is 29.6 Å². The third-order valence-electron chi connectivity index (χ3n) is 2.86. The van der Waals surface area contributed by atoms with Gasteiger partial charge in [-0.3, -0.25) is 0 Å². The molecule has 1 aliphatic rings. The Labute approximate surface area is 129 Å². The number of nitrogens with one attached hydrogen (secondary N) is 1. The zero-order valence-corrected chi connectivity index (χ0v) is 12.9. The smallest absolute Gasteiger partial charge is 0.177 e. The Balaban J connectivity index is 2.21. The second-order valence-electron chi connectivity index (χ2n) is 4.14. The number of nitrogens with zero attached hydrogens (tertiary/aromatic N) is 2. The minimum Gasteiger partial charge on any atom is -0.376 e. The van der Waals surface area contributed by atoms with Gasteiger partial charge in [-0.1, -0.05) is 40.0 Å². The van der Waals surface area contributed by atoms with E-state index in [9.17, 15) is 5.26 Å². The molecule has 2 rings (SSSR count). The fourth-order valence-corrected chi connectivity index (χ4v) is 4.90. The van der Waals surface area contributed by atoms with Crippen molar-refractivity contribution in [3.8, 4) is 6.07 Å². The van der Waals surface area contributed by atoms with Crippen LogP contribution in [0.2, 0.25) is 5.02 Å². The molecule has 4 nitrogen and oxygen atoms in total. The molecule has 1 aromatic carbocycles. The van der Waals surface area contributed by atoms with Gasteiger partial charge in [0.2, 0.25) is 0 Å². The van der Waals surface area contributed by atoms with Crippen molar-refractivity contribution in [3.05, 3.63) is 46.5 Å². The lowest BCUT2D eigenvalue weighted by atomic mass is 10.2. The van der Waals surface area contributed by atoms with Crippen LogP contribution in [-0.4, -0.2) is 15.9 Å². The van der Waals surface area contributed by atoms with Gasteiger partial charge in [0.1, 0.15) is 6.07 Å². The lowest BCUT2D eigenvalue weighted by Gasteiger charge is -2.33. The van der Waals surface area contributed by atoms with Crippen LogP contribution in [0.15, 0.2) is 40.9 Å². The van der Waals surface area contributed by atoms with Gasteiger partial charge in [-0.2, -0.15) is 5.26 Å². The fourth-order valence-electron chi connectivity index (χ4n) is 1.92. The van der Waals surface area contributed by atoms with Crippen molar-refractivity contribution in [3.63, 3.8) is 0 Å². The first-order chi connectivity index (χ1) is 9.57. The maximum Gasteiger partial charge on any atom is 0.177 e. The first-order valence-electron chi connectivity index (χ1n) is 5.83. The Hall–Kier alpha value is -1.55. The van der Waals surface area contributed by atoms with Gasteiger partial charge in [0.15, 0.2) is 10.2 Å². The summed E-state index contributed by atoms with van der Waals surface area (Å²) in [7, 11) is -1.73. The van der Waals surface area contributed by atoms with Gasteiger partial charge in [0, 0.05) is 17.0 Å². The predicted octanol–water partition coefficient (Wildman–Crippen LogP) is 2.84. The number of nitrogens with two attached hydrogens (primary N) is 1. The molecule has 0 aliphatic carbocycles. The molecule has 0 aromatic heterocycles. The third-order valence-corrected chi connectivity index (χ3v) is 6.36. The molecule has 3 N–H and O–H groups in total. The van der Waals surface area contributed by atoms with Gasteiger partial charge in [-0.25, -0.2) is 4.99 Å². The number of halogens is 1. The Morgan fingerprint density at radius 3 is 2.90 bits per heavy atom. The average molecular weight is 325 g/mol. The Morgan fingerprint density at radius 1 is 1.50 bits per heavy atom. The number of aryl methyl sites for hydroxylation is 1. The number of hydrogen-bond acceptors (Lipinski definition) is 3. The number of thiocarbonyl (C=S) groups is 1. The maximum absolute atomic E-state index is 9.22. The summed E-state index contributed by atoms with van der Waals surface area (Å²) in [5, 5.41) is 12.4. The van der Waals surface area contributed by atoms with Crippen LogP contribution in [0.1, 0.15) is 5.56 Å². The second kappa shape index (κ2) is 6.27. The van der Waals surface area contributed by atoms with Crippen molar-refractivity contribution in [2.24, 2.45) is 10.7 Å². The molecule has 1 aliphatic heterocycles. The highest BCUT2D eigenvalue weighted by Crippen LogP contribution is 2.50. The predicted molar refractivity (Wildman–Crippen MR) is 89.7 cm³/mol. The van der Waals surface area contributed by atoms with Crippen LogP contribution < -0.4 is 10.5 Å². The summed E-state index contributed by atoms with van der Waals surface area (Å²) in [4.78, 5) is 4.10. The molecule has 104 valence electrons. The summed E-state index contributed by atoms with van der Waals surface area (Å²) >= 11 is 11.1. The monoisotopic (exact) mass is 324 g/mol. The zero-order valence-electron chi connectivity index (χ0n) is 10.5. The number of aliphatic imine (C=N–C) groups is 1. The van der Waals surface area contributed by atoms with Crippen molar-refractivity contribution in [2.75, 3.05) is 5.75 Å². The second-order valence-corrected chi connectivity index (χ2v) is 7.84. The SMILES string of the molecule is N#CC1=NC=CS1(CCc1ccccc1Cl)NC(N)=S. The number of hydrogen-bond donors (Lipinski definition) is 2. The maximum atomic E-state index is 9.22. The molecule has 0 fully saturated rings. The van der Waals surface area contributed by atoms with E-state index >= 15 is 0 Å². The number of benzene rings is 1. The average Bonchev–Trinajstić information content (AvgIpc) is 2.80. The van der Waals surface area contributed by atoms with E-state index in [1.807, 2.05) is 29.7 Å². The largest absolute Gasteiger partial charge is 0.376 e. The topological polar surface area (TPSA) is 74.2 Å². The quantitative estimate of drug-likeness (QED) is 0.835. The molecular formula is C13H13ClN4S2. The molecule has 7 heteroatoms. The third kappa shape index (κ3) is 3.12. The minimum atomic E-state index is -1.73. The molecule has 1 heterocycles. The first-order valence-corrected chi connectivity index (χ1v) is 8.49. The lowest BCUT2D eigenvalue weighted by Crippen LogP contribution is -2.35. The van der Waals surface area contributed by atoms with Crippen molar-refractivity contribution < 1.29 is 0 Å². The van der Waals surface area contributed by atoms with Gasteiger partial charge in [-0.05, 0) is 35.7 Å². The molecular weight excluding hydrogens is 312 g/mol. The van der Waals surface area contributed by atoms with Crippen LogP contribution in [0.5, 0.6) is 0 Å². The van der Waals surface area contributed by atoms with E-state index in [0.717, 1.165) is 17.0 Å². The van der Waals surface area contributed by atoms with Crippen LogP contribution in [0, 0.1) is 11.3 Å². The summed E-state index contributed by atoms with van der Waals surface area (Å²) in [6, 6.07) is 9.77. The highest BCUT2D eigenvalue weighted by atomic mass is 35.5. The lowest BCUT2D eigenvalue weighted by molar-refractivity contribution is 1.14. The summed E-state index contributed by atoms with van der Waals surface area (Å²) in [5.41, 5.74) is 6.62. The van der Waals surface area contributed by atoms with Crippen LogP contribution in [-0.2, 0) is 6.42 Å². The van der Waals surface area contributed by atoms with E-state index < -0.39 is 10.2 Å². The van der Waals surface area contributed by atoms with E-state index in [1.165, 1.54) is 0 Å². The molecule has 0 spiro atoms.